The Balaban J connectivity index is 2.76. The zero-order chi connectivity index (χ0) is 7.68. The van der Waals surface area contributed by atoms with Gasteiger partial charge in [-0.1, -0.05) is 5.16 Å². The first-order valence-corrected chi connectivity index (χ1v) is 3.06. The van der Waals surface area contributed by atoms with Crippen molar-refractivity contribution in [2.24, 2.45) is 0 Å². The normalized spacial score (nSPS) is 10.2. The number of aromatic nitrogens is 2. The molecular weight excluding hydrogens is 144 g/mol. The van der Waals surface area contributed by atoms with Crippen molar-refractivity contribution >= 4 is 17.4 Å². The van der Waals surface area contributed by atoms with Crippen molar-refractivity contribution in [3.05, 3.63) is 24.0 Å². The molecule has 0 spiro atoms. The Bertz CT molecular complexity index is 394. The van der Waals surface area contributed by atoms with E-state index in [0.717, 1.165) is 11.7 Å². The van der Waals surface area contributed by atoms with Gasteiger partial charge in [-0.15, -0.1) is 0 Å². The summed E-state index contributed by atoms with van der Waals surface area (Å²) < 4.78 is 4.74. The fourth-order valence-corrected chi connectivity index (χ4v) is 0.853. The fourth-order valence-electron chi connectivity index (χ4n) is 0.853. The zero-order valence-electron chi connectivity index (χ0n) is 5.52. The highest BCUT2D eigenvalue weighted by Crippen LogP contribution is 2.10. The molecule has 4 nitrogen and oxygen atoms in total. The van der Waals surface area contributed by atoms with Gasteiger partial charge in [0, 0.05) is 11.8 Å². The van der Waals surface area contributed by atoms with E-state index in [-0.39, 0.29) is 0 Å². The van der Waals surface area contributed by atoms with Crippen LogP contribution in [0.5, 0.6) is 0 Å². The fraction of sp³-hybridized carbons (Fsp3) is 0. The van der Waals surface area contributed by atoms with E-state index in [4.69, 9.17) is 4.52 Å². The highest BCUT2D eigenvalue weighted by Gasteiger charge is 1.99. The van der Waals surface area contributed by atoms with Crippen LogP contribution in [-0.2, 0) is 0 Å². The van der Waals surface area contributed by atoms with Crippen molar-refractivity contribution in [1.29, 1.82) is 0 Å². The average molecular weight is 148 g/mol. The van der Waals surface area contributed by atoms with E-state index in [1.54, 1.807) is 6.07 Å². The molecule has 0 radical (unpaired) electrons. The van der Waals surface area contributed by atoms with E-state index < -0.39 is 0 Å². The largest absolute Gasteiger partial charge is 0.336 e. The molecule has 54 valence electrons. The monoisotopic (exact) mass is 148 g/mol. The van der Waals surface area contributed by atoms with Crippen molar-refractivity contribution in [1.82, 2.24) is 10.1 Å². The van der Waals surface area contributed by atoms with Gasteiger partial charge in [-0.25, -0.2) is 4.98 Å². The van der Waals surface area contributed by atoms with Gasteiger partial charge in [-0.05, 0) is 6.07 Å². The summed E-state index contributed by atoms with van der Waals surface area (Å²) in [5.41, 5.74) is 0.983. The maximum atomic E-state index is 10.3. The van der Waals surface area contributed by atoms with Gasteiger partial charge >= 0.3 is 0 Å². The number of hydrogen-bond acceptors (Lipinski definition) is 4. The molecule has 0 saturated carbocycles. The van der Waals surface area contributed by atoms with Gasteiger partial charge in [0.15, 0.2) is 6.29 Å². The van der Waals surface area contributed by atoms with Gasteiger partial charge in [-0.3, -0.25) is 4.79 Å². The summed E-state index contributed by atoms with van der Waals surface area (Å²) in [4.78, 5) is 14.1. The number of hydrogen-bond donors (Lipinski definition) is 0. The number of rotatable bonds is 1. The number of carbonyl (C=O) groups is 1. The molecule has 0 N–H and O–H groups in total. The first-order valence-electron chi connectivity index (χ1n) is 3.06. The molecule has 0 aliphatic carbocycles. The molecule has 0 unspecified atom stereocenters. The molecule has 0 aromatic carbocycles. The lowest BCUT2D eigenvalue weighted by Gasteiger charge is -1.85. The summed E-state index contributed by atoms with van der Waals surface area (Å²) >= 11 is 0. The lowest BCUT2D eigenvalue weighted by molar-refractivity contribution is 0.112. The van der Waals surface area contributed by atoms with Crippen LogP contribution >= 0.6 is 0 Å². The Morgan fingerprint density at radius 2 is 2.36 bits per heavy atom. The first kappa shape index (κ1) is 6.03. The van der Waals surface area contributed by atoms with Gasteiger partial charge in [-0.2, -0.15) is 0 Å². The summed E-state index contributed by atoms with van der Waals surface area (Å²) in [6, 6.07) is 1.67. The van der Waals surface area contributed by atoms with Crippen LogP contribution in [0.25, 0.3) is 11.1 Å². The molecule has 2 heterocycles. The van der Waals surface area contributed by atoms with Gasteiger partial charge in [0.25, 0.3) is 5.71 Å². The van der Waals surface area contributed by atoms with Gasteiger partial charge < -0.3 is 4.52 Å². The average Bonchev–Trinajstić information content (AvgIpc) is 2.50. The second-order valence-corrected chi connectivity index (χ2v) is 2.11. The molecule has 2 aromatic rings. The standard InChI is InChI=1S/C7H4N2O2/c10-4-5-1-6-3-9-11-7(6)8-2-5/h1-4H. The van der Waals surface area contributed by atoms with Crippen LogP contribution < -0.4 is 0 Å². The second kappa shape index (κ2) is 2.16. The molecule has 4 heteroatoms. The minimum atomic E-state index is 0.454. The van der Waals surface area contributed by atoms with E-state index in [1.807, 2.05) is 0 Å². The minimum Gasteiger partial charge on any atom is -0.336 e. The van der Waals surface area contributed by atoms with Crippen LogP contribution in [0.2, 0.25) is 0 Å². The van der Waals surface area contributed by atoms with Crippen molar-refractivity contribution < 1.29 is 9.32 Å². The first-order chi connectivity index (χ1) is 5.40. The third kappa shape index (κ3) is 0.881. The zero-order valence-corrected chi connectivity index (χ0v) is 5.52. The maximum absolute atomic E-state index is 10.3. The predicted molar refractivity (Wildman–Crippen MR) is 37.2 cm³/mol. The minimum absolute atomic E-state index is 0.454. The topological polar surface area (TPSA) is 56.0 Å². The van der Waals surface area contributed by atoms with Crippen molar-refractivity contribution in [3.63, 3.8) is 0 Å². The maximum Gasteiger partial charge on any atom is 0.257 e. The summed E-state index contributed by atoms with van der Waals surface area (Å²) in [6.07, 6.45) is 3.70. The Labute approximate surface area is 61.8 Å². The Morgan fingerprint density at radius 3 is 3.18 bits per heavy atom. The molecule has 0 saturated heterocycles. The molecule has 0 fully saturated rings. The molecule has 0 atom stereocenters. The molecule has 2 rings (SSSR count). The quantitative estimate of drug-likeness (QED) is 0.567. The van der Waals surface area contributed by atoms with E-state index in [2.05, 4.69) is 10.1 Å². The highest BCUT2D eigenvalue weighted by atomic mass is 16.5. The summed E-state index contributed by atoms with van der Waals surface area (Å²) in [5.74, 6) is 0. The van der Waals surface area contributed by atoms with Gasteiger partial charge in [0.1, 0.15) is 0 Å². The van der Waals surface area contributed by atoms with Gasteiger partial charge in [0.2, 0.25) is 0 Å². The lowest BCUT2D eigenvalue weighted by atomic mass is 10.3. The van der Waals surface area contributed by atoms with Crippen LogP contribution in [0.1, 0.15) is 10.4 Å². The molecule has 0 aliphatic heterocycles. The summed E-state index contributed by atoms with van der Waals surface area (Å²) in [7, 11) is 0. The van der Waals surface area contributed by atoms with Crippen molar-refractivity contribution in [3.8, 4) is 0 Å². The molecule has 0 aliphatic rings. The Kier molecular flexibility index (Phi) is 1.18. The summed E-state index contributed by atoms with van der Waals surface area (Å²) in [6.45, 7) is 0. The van der Waals surface area contributed by atoms with E-state index in [9.17, 15) is 4.79 Å². The summed E-state index contributed by atoms with van der Waals surface area (Å²) in [5, 5.41) is 4.27. The van der Waals surface area contributed by atoms with Crippen LogP contribution in [-0.4, -0.2) is 16.4 Å². The third-order valence-corrected chi connectivity index (χ3v) is 1.37. The van der Waals surface area contributed by atoms with Crippen molar-refractivity contribution in [2.75, 3.05) is 0 Å². The van der Waals surface area contributed by atoms with E-state index in [1.165, 1.54) is 12.4 Å². The smallest absolute Gasteiger partial charge is 0.257 e. The molecular formula is C7H4N2O2. The van der Waals surface area contributed by atoms with E-state index in [0.29, 0.717) is 11.3 Å². The Morgan fingerprint density at radius 1 is 1.45 bits per heavy atom. The number of fused-ring (bicyclic) bond motifs is 1. The highest BCUT2D eigenvalue weighted by molar-refractivity contribution is 5.82. The number of pyridine rings is 1. The van der Waals surface area contributed by atoms with E-state index >= 15 is 0 Å². The molecule has 0 bridgehead atoms. The van der Waals surface area contributed by atoms with Crippen LogP contribution in [0.3, 0.4) is 0 Å². The lowest BCUT2D eigenvalue weighted by Crippen LogP contribution is -1.80. The number of aldehydes is 1. The number of nitrogens with zero attached hydrogens (tertiary/aromatic N) is 2. The van der Waals surface area contributed by atoms with Crippen LogP contribution in [0.4, 0.5) is 0 Å². The Hall–Kier alpha value is -1.71. The van der Waals surface area contributed by atoms with Gasteiger partial charge in [0.05, 0.1) is 11.6 Å². The third-order valence-electron chi connectivity index (χ3n) is 1.37. The molecule has 2 aromatic heterocycles. The number of carbonyl (C=O) groups excluding carboxylic acids is 1. The van der Waals surface area contributed by atoms with Crippen molar-refractivity contribution in [2.45, 2.75) is 0 Å². The second-order valence-electron chi connectivity index (χ2n) is 2.11. The SMILES string of the molecule is O=Cc1cnc2oncc2c1. The van der Waals surface area contributed by atoms with Crippen LogP contribution in [0, 0.1) is 0 Å². The molecule has 11 heavy (non-hydrogen) atoms. The molecule has 0 amide bonds. The van der Waals surface area contributed by atoms with Crippen LogP contribution in [0.15, 0.2) is 23.0 Å². The predicted octanol–water partition coefficient (Wildman–Crippen LogP) is 1.04.